The van der Waals surface area contributed by atoms with Crippen molar-refractivity contribution in [1.82, 2.24) is 5.32 Å². The molecule has 98 valence electrons. The van der Waals surface area contributed by atoms with Crippen LogP contribution in [0.3, 0.4) is 0 Å². The van der Waals surface area contributed by atoms with Crippen molar-refractivity contribution in [2.24, 2.45) is 0 Å². The van der Waals surface area contributed by atoms with Crippen LogP contribution in [0.15, 0.2) is 22.7 Å². The summed E-state index contributed by atoms with van der Waals surface area (Å²) in [5.74, 6) is 0.305. The molecule has 5 heteroatoms. The highest BCUT2D eigenvalue weighted by molar-refractivity contribution is 9.10. The molecule has 1 atom stereocenters. The van der Waals surface area contributed by atoms with Gasteiger partial charge in [0.1, 0.15) is 5.82 Å². The fourth-order valence-corrected chi connectivity index (χ4v) is 3.62. The summed E-state index contributed by atoms with van der Waals surface area (Å²) in [7, 11) is 0. The van der Waals surface area contributed by atoms with E-state index in [1.54, 1.807) is 6.07 Å². The normalized spacial score (nSPS) is 23.1. The first-order valence-corrected chi connectivity index (χ1v) is 7.65. The van der Waals surface area contributed by atoms with Gasteiger partial charge in [-0.1, -0.05) is 15.9 Å². The largest absolute Gasteiger partial charge is 0.351 e. The van der Waals surface area contributed by atoms with Gasteiger partial charge in [0.05, 0.1) is 5.56 Å². The summed E-state index contributed by atoms with van der Waals surface area (Å²) < 4.78 is 14.3. The number of amides is 1. The molecular weight excluding hydrogens is 317 g/mol. The van der Waals surface area contributed by atoms with E-state index in [9.17, 15) is 9.18 Å². The summed E-state index contributed by atoms with van der Waals surface area (Å²) in [4.78, 5) is 11.9. The minimum atomic E-state index is -0.486. The minimum Gasteiger partial charge on any atom is -0.351 e. The Morgan fingerprint density at radius 3 is 3.06 bits per heavy atom. The third-order valence-electron chi connectivity index (χ3n) is 3.10. The van der Waals surface area contributed by atoms with Crippen molar-refractivity contribution >= 4 is 33.6 Å². The molecule has 1 saturated heterocycles. The fourth-order valence-electron chi connectivity index (χ4n) is 2.01. The molecule has 1 fully saturated rings. The zero-order chi connectivity index (χ0) is 13.2. The topological polar surface area (TPSA) is 29.1 Å². The second-order valence-corrected chi connectivity index (χ2v) is 7.31. The number of carbonyl (C=O) groups excluding carboxylic acids is 1. The zero-order valence-corrected chi connectivity index (χ0v) is 12.5. The lowest BCUT2D eigenvalue weighted by molar-refractivity contribution is 0.0946. The molecule has 0 aliphatic carbocycles. The maximum absolute atomic E-state index is 13.5. The van der Waals surface area contributed by atoms with E-state index in [-0.39, 0.29) is 16.2 Å². The van der Waals surface area contributed by atoms with Crippen LogP contribution in [0, 0.1) is 5.82 Å². The van der Waals surface area contributed by atoms with Crippen molar-refractivity contribution in [3.8, 4) is 0 Å². The highest BCUT2D eigenvalue weighted by Crippen LogP contribution is 2.37. The monoisotopic (exact) mass is 331 g/mol. The summed E-state index contributed by atoms with van der Waals surface area (Å²) >= 11 is 5.11. The predicted octanol–water partition coefficient (Wildman–Crippen LogP) is 3.60. The minimum absolute atomic E-state index is 0.0935. The van der Waals surface area contributed by atoms with Crippen LogP contribution in [0.2, 0.25) is 0 Å². The molecule has 1 aromatic rings. The summed E-state index contributed by atoms with van der Waals surface area (Å²) in [6, 6.07) is 4.39. The zero-order valence-electron chi connectivity index (χ0n) is 10.1. The van der Waals surface area contributed by atoms with Gasteiger partial charge in [0.15, 0.2) is 0 Å². The molecule has 1 unspecified atom stereocenters. The van der Waals surface area contributed by atoms with Crippen LogP contribution >= 0.6 is 27.7 Å². The average Bonchev–Trinajstić information content (AvgIpc) is 2.77. The maximum Gasteiger partial charge on any atom is 0.254 e. The van der Waals surface area contributed by atoms with Gasteiger partial charge in [-0.2, -0.15) is 11.8 Å². The standard InChI is InChI=1S/C13H15BrFNOS/c1-13(5-2-6-18-13)8-16-12(17)10-7-9(14)3-4-11(10)15/h3-4,7H,2,5-6,8H2,1H3,(H,16,17). The Kier molecular flexibility index (Phi) is 4.33. The van der Waals surface area contributed by atoms with Gasteiger partial charge >= 0.3 is 0 Å². The van der Waals surface area contributed by atoms with Crippen LogP contribution in [0.5, 0.6) is 0 Å². The molecule has 1 N–H and O–H groups in total. The lowest BCUT2D eigenvalue weighted by Gasteiger charge is -2.22. The molecule has 1 aliphatic rings. The number of nitrogens with one attached hydrogen (secondary N) is 1. The van der Waals surface area contributed by atoms with Crippen LogP contribution in [0.1, 0.15) is 30.1 Å². The van der Waals surface area contributed by atoms with Crippen LogP contribution in [0.25, 0.3) is 0 Å². The Labute approximate surface area is 119 Å². The van der Waals surface area contributed by atoms with Gasteiger partial charge in [-0.05, 0) is 43.7 Å². The van der Waals surface area contributed by atoms with Crippen molar-refractivity contribution in [3.05, 3.63) is 34.1 Å². The number of hydrogen-bond donors (Lipinski definition) is 1. The quantitative estimate of drug-likeness (QED) is 0.916. The Balaban J connectivity index is 2.01. The number of carbonyl (C=O) groups is 1. The summed E-state index contributed by atoms with van der Waals surface area (Å²) in [6.07, 6.45) is 2.28. The molecule has 1 aliphatic heterocycles. The highest BCUT2D eigenvalue weighted by atomic mass is 79.9. The van der Waals surface area contributed by atoms with E-state index in [4.69, 9.17) is 0 Å². The summed E-state index contributed by atoms with van der Waals surface area (Å²) in [5, 5.41) is 2.83. The van der Waals surface area contributed by atoms with Gasteiger partial charge < -0.3 is 5.32 Å². The third-order valence-corrected chi connectivity index (χ3v) is 5.13. The van der Waals surface area contributed by atoms with E-state index < -0.39 is 5.82 Å². The van der Waals surface area contributed by atoms with E-state index in [2.05, 4.69) is 28.2 Å². The fraction of sp³-hybridized carbons (Fsp3) is 0.462. The molecule has 1 heterocycles. The van der Waals surface area contributed by atoms with E-state index in [1.165, 1.54) is 18.6 Å². The first kappa shape index (κ1) is 13.9. The molecule has 0 aromatic heterocycles. The lowest BCUT2D eigenvalue weighted by Crippen LogP contribution is -2.37. The van der Waals surface area contributed by atoms with Crippen LogP contribution in [-0.2, 0) is 0 Å². The van der Waals surface area contributed by atoms with Crippen LogP contribution in [0.4, 0.5) is 4.39 Å². The van der Waals surface area contributed by atoms with E-state index in [1.807, 2.05) is 11.8 Å². The van der Waals surface area contributed by atoms with E-state index in [0.29, 0.717) is 11.0 Å². The first-order chi connectivity index (χ1) is 8.50. The van der Waals surface area contributed by atoms with Crippen LogP contribution in [-0.4, -0.2) is 23.0 Å². The molecule has 2 rings (SSSR count). The molecule has 0 spiro atoms. The predicted molar refractivity (Wildman–Crippen MR) is 76.5 cm³/mol. The van der Waals surface area contributed by atoms with Crippen molar-refractivity contribution in [1.29, 1.82) is 0 Å². The van der Waals surface area contributed by atoms with Gasteiger partial charge in [-0.15, -0.1) is 0 Å². The van der Waals surface area contributed by atoms with Gasteiger partial charge in [0.2, 0.25) is 0 Å². The molecule has 1 aromatic carbocycles. The summed E-state index contributed by atoms with van der Waals surface area (Å²) in [6.45, 7) is 2.73. The van der Waals surface area contributed by atoms with Gasteiger partial charge in [0.25, 0.3) is 5.91 Å². The van der Waals surface area contributed by atoms with Gasteiger partial charge in [-0.3, -0.25) is 4.79 Å². The highest BCUT2D eigenvalue weighted by Gasteiger charge is 2.30. The number of hydrogen-bond acceptors (Lipinski definition) is 2. The maximum atomic E-state index is 13.5. The molecular formula is C13H15BrFNOS. The van der Waals surface area contributed by atoms with E-state index >= 15 is 0 Å². The Bertz CT molecular complexity index is 460. The SMILES string of the molecule is CC1(CNC(=O)c2cc(Br)ccc2F)CCCS1. The average molecular weight is 332 g/mol. The molecule has 1 amide bonds. The number of halogens is 2. The van der Waals surface area contributed by atoms with E-state index in [0.717, 1.165) is 12.2 Å². The first-order valence-electron chi connectivity index (χ1n) is 5.87. The van der Waals surface area contributed by atoms with Crippen molar-refractivity contribution in [2.75, 3.05) is 12.3 Å². The third kappa shape index (κ3) is 3.26. The second kappa shape index (κ2) is 5.61. The lowest BCUT2D eigenvalue weighted by atomic mass is 10.1. The Morgan fingerprint density at radius 2 is 2.39 bits per heavy atom. The number of rotatable bonds is 3. The second-order valence-electron chi connectivity index (χ2n) is 4.71. The Hall–Kier alpha value is -0.550. The molecule has 0 radical (unpaired) electrons. The molecule has 0 bridgehead atoms. The van der Waals surface area contributed by atoms with Crippen molar-refractivity contribution in [2.45, 2.75) is 24.5 Å². The van der Waals surface area contributed by atoms with Crippen LogP contribution < -0.4 is 5.32 Å². The summed E-state index contributed by atoms with van der Waals surface area (Å²) in [5.41, 5.74) is 0.0935. The van der Waals surface area contributed by atoms with Gasteiger partial charge in [-0.25, -0.2) is 4.39 Å². The molecule has 2 nitrogen and oxygen atoms in total. The van der Waals surface area contributed by atoms with Crippen molar-refractivity contribution in [3.63, 3.8) is 0 Å². The Morgan fingerprint density at radius 1 is 1.61 bits per heavy atom. The number of thioether (sulfide) groups is 1. The molecule has 18 heavy (non-hydrogen) atoms. The van der Waals surface area contributed by atoms with Crippen molar-refractivity contribution < 1.29 is 9.18 Å². The molecule has 0 saturated carbocycles. The smallest absolute Gasteiger partial charge is 0.254 e. The van der Waals surface area contributed by atoms with Gasteiger partial charge in [0, 0.05) is 15.8 Å². The number of benzene rings is 1.